The molecule has 3 aromatic rings. The van der Waals surface area contributed by atoms with Crippen molar-refractivity contribution in [3.05, 3.63) is 77.5 Å². The van der Waals surface area contributed by atoms with Gasteiger partial charge in [0.05, 0.1) is 5.69 Å². The van der Waals surface area contributed by atoms with Gasteiger partial charge in [0.25, 0.3) is 5.91 Å². The number of hydrogen-bond acceptors (Lipinski definition) is 3. The van der Waals surface area contributed by atoms with Crippen LogP contribution in [0.15, 0.2) is 60.7 Å². The number of nitrogens with one attached hydrogen (secondary N) is 2. The van der Waals surface area contributed by atoms with Gasteiger partial charge in [0.15, 0.2) is 0 Å². The molecule has 1 atom stereocenters. The van der Waals surface area contributed by atoms with Crippen LogP contribution in [0.25, 0.3) is 11.3 Å². The lowest BCUT2D eigenvalue weighted by Gasteiger charge is -2.32. The first-order valence-corrected chi connectivity index (χ1v) is 10.9. The zero-order valence-corrected chi connectivity index (χ0v) is 17.6. The van der Waals surface area contributed by atoms with E-state index in [9.17, 15) is 4.79 Å². The van der Waals surface area contributed by atoms with Crippen LogP contribution < -0.4 is 5.32 Å². The van der Waals surface area contributed by atoms with Gasteiger partial charge in [-0.25, -0.2) is 0 Å². The van der Waals surface area contributed by atoms with E-state index in [-0.39, 0.29) is 5.91 Å². The molecule has 0 aliphatic carbocycles. The number of aromatic nitrogens is 2. The highest BCUT2D eigenvalue weighted by Crippen LogP contribution is 2.23. The molecule has 0 spiro atoms. The van der Waals surface area contributed by atoms with E-state index in [1.54, 1.807) is 0 Å². The molecule has 0 saturated carbocycles. The lowest BCUT2D eigenvalue weighted by molar-refractivity contribution is 0.0927. The van der Waals surface area contributed by atoms with Gasteiger partial charge in [0.1, 0.15) is 5.69 Å². The summed E-state index contributed by atoms with van der Waals surface area (Å²) in [6.45, 7) is 5.93. The maximum absolute atomic E-state index is 12.7. The maximum Gasteiger partial charge on any atom is 0.269 e. The SMILES string of the molecule is Cc1c(-c2ccccc2)n[nH]c1C(=O)NC[C@@H]1CCCN(CCc2ccccc2)C1. The van der Waals surface area contributed by atoms with Gasteiger partial charge in [-0.15, -0.1) is 0 Å². The highest BCUT2D eigenvalue weighted by molar-refractivity contribution is 5.95. The van der Waals surface area contributed by atoms with E-state index in [0.29, 0.717) is 18.2 Å². The Hall–Kier alpha value is -2.92. The topological polar surface area (TPSA) is 61.0 Å². The van der Waals surface area contributed by atoms with Crippen molar-refractivity contribution in [2.24, 2.45) is 5.92 Å². The number of rotatable bonds is 7. The van der Waals surface area contributed by atoms with Crippen LogP contribution in [0.2, 0.25) is 0 Å². The minimum Gasteiger partial charge on any atom is -0.350 e. The van der Waals surface area contributed by atoms with Crippen LogP contribution in [0, 0.1) is 12.8 Å². The normalized spacial score (nSPS) is 17.0. The smallest absolute Gasteiger partial charge is 0.269 e. The second-order valence-corrected chi connectivity index (χ2v) is 8.19. The van der Waals surface area contributed by atoms with Gasteiger partial charge >= 0.3 is 0 Å². The summed E-state index contributed by atoms with van der Waals surface area (Å²) in [6, 6.07) is 20.6. The third-order valence-electron chi connectivity index (χ3n) is 6.00. The predicted octanol–water partition coefficient (Wildman–Crippen LogP) is 4.07. The first kappa shape index (κ1) is 20.4. The molecule has 2 N–H and O–H groups in total. The first-order valence-electron chi connectivity index (χ1n) is 10.9. The molecule has 1 amide bonds. The van der Waals surface area contributed by atoms with Crippen molar-refractivity contribution in [1.82, 2.24) is 20.4 Å². The van der Waals surface area contributed by atoms with E-state index < -0.39 is 0 Å². The third kappa shape index (κ3) is 4.97. The molecule has 156 valence electrons. The summed E-state index contributed by atoms with van der Waals surface area (Å²) in [4.78, 5) is 15.3. The van der Waals surface area contributed by atoms with Gasteiger partial charge in [-0.05, 0) is 44.2 Å². The van der Waals surface area contributed by atoms with E-state index >= 15 is 0 Å². The summed E-state index contributed by atoms with van der Waals surface area (Å²) in [6.07, 6.45) is 3.44. The number of amides is 1. The molecule has 4 rings (SSSR count). The average Bonchev–Trinajstić information content (AvgIpc) is 3.19. The third-order valence-corrected chi connectivity index (χ3v) is 6.00. The molecule has 1 aliphatic heterocycles. The fourth-order valence-corrected chi connectivity index (χ4v) is 4.27. The van der Waals surface area contributed by atoms with E-state index in [1.807, 2.05) is 37.3 Å². The summed E-state index contributed by atoms with van der Waals surface area (Å²) in [5.41, 5.74) is 4.70. The number of carbonyl (C=O) groups excluding carboxylic acids is 1. The fourth-order valence-electron chi connectivity index (χ4n) is 4.27. The molecule has 1 saturated heterocycles. The first-order chi connectivity index (χ1) is 14.7. The number of hydrogen-bond donors (Lipinski definition) is 2. The summed E-state index contributed by atoms with van der Waals surface area (Å²) in [7, 11) is 0. The van der Waals surface area contributed by atoms with Gasteiger partial charge in [0, 0.05) is 30.8 Å². The van der Waals surface area contributed by atoms with Gasteiger partial charge in [0.2, 0.25) is 0 Å². The molecule has 1 fully saturated rings. The van der Waals surface area contributed by atoms with Crippen LogP contribution in [-0.2, 0) is 6.42 Å². The number of H-pyrrole nitrogens is 1. The zero-order valence-electron chi connectivity index (χ0n) is 17.6. The van der Waals surface area contributed by atoms with Crippen LogP contribution in [0.4, 0.5) is 0 Å². The highest BCUT2D eigenvalue weighted by atomic mass is 16.1. The Labute approximate surface area is 178 Å². The molecule has 0 radical (unpaired) electrons. The second kappa shape index (κ2) is 9.72. The molecule has 1 aromatic heterocycles. The second-order valence-electron chi connectivity index (χ2n) is 8.19. The largest absolute Gasteiger partial charge is 0.350 e. The standard InChI is InChI=1S/C25H30N4O/c1-19-23(22-12-6-3-7-13-22)27-28-24(19)25(30)26-17-21-11-8-15-29(18-21)16-14-20-9-4-2-5-10-20/h2-7,9-10,12-13,21H,8,11,14-18H2,1H3,(H,26,30)(H,27,28)/t21-/m0/s1. The number of nitrogens with zero attached hydrogens (tertiary/aromatic N) is 2. The minimum absolute atomic E-state index is 0.0661. The number of carbonyl (C=O) groups is 1. The molecule has 5 heteroatoms. The van der Waals surface area contributed by atoms with Crippen molar-refractivity contribution in [2.45, 2.75) is 26.2 Å². The van der Waals surface area contributed by atoms with Crippen molar-refractivity contribution in [2.75, 3.05) is 26.2 Å². The molecule has 0 unspecified atom stereocenters. The van der Waals surface area contributed by atoms with Gasteiger partial charge in [-0.3, -0.25) is 9.89 Å². The monoisotopic (exact) mass is 402 g/mol. The quantitative estimate of drug-likeness (QED) is 0.626. The highest BCUT2D eigenvalue weighted by Gasteiger charge is 2.22. The van der Waals surface area contributed by atoms with Crippen LogP contribution in [0.5, 0.6) is 0 Å². The van der Waals surface area contributed by atoms with E-state index in [2.05, 4.69) is 50.7 Å². The van der Waals surface area contributed by atoms with Gasteiger partial charge in [-0.2, -0.15) is 5.10 Å². The molecule has 0 bridgehead atoms. The van der Waals surface area contributed by atoms with Crippen molar-refractivity contribution < 1.29 is 4.79 Å². The summed E-state index contributed by atoms with van der Waals surface area (Å²) < 4.78 is 0. The Morgan fingerprint density at radius 3 is 2.63 bits per heavy atom. The Balaban J connectivity index is 1.29. The molecule has 5 nitrogen and oxygen atoms in total. The minimum atomic E-state index is -0.0661. The summed E-state index contributed by atoms with van der Waals surface area (Å²) in [5, 5.41) is 10.4. The predicted molar refractivity (Wildman–Crippen MR) is 120 cm³/mol. The van der Waals surface area contributed by atoms with E-state index in [4.69, 9.17) is 0 Å². The number of benzene rings is 2. The van der Waals surface area contributed by atoms with Crippen molar-refractivity contribution in [1.29, 1.82) is 0 Å². The molecule has 30 heavy (non-hydrogen) atoms. The van der Waals surface area contributed by atoms with Crippen LogP contribution in [0.1, 0.15) is 34.5 Å². The number of piperidine rings is 1. The number of aromatic amines is 1. The Morgan fingerprint density at radius 1 is 1.13 bits per heavy atom. The van der Waals surface area contributed by atoms with Crippen LogP contribution in [0.3, 0.4) is 0 Å². The van der Waals surface area contributed by atoms with Gasteiger partial charge < -0.3 is 10.2 Å². The fraction of sp³-hybridized carbons (Fsp3) is 0.360. The number of likely N-dealkylation sites (tertiary alicyclic amines) is 1. The summed E-state index contributed by atoms with van der Waals surface area (Å²) in [5.74, 6) is 0.430. The average molecular weight is 403 g/mol. The zero-order chi connectivity index (χ0) is 20.8. The Bertz CT molecular complexity index is 952. The Kier molecular flexibility index (Phi) is 6.60. The summed E-state index contributed by atoms with van der Waals surface area (Å²) >= 11 is 0. The lowest BCUT2D eigenvalue weighted by Crippen LogP contribution is -2.41. The molecule has 1 aliphatic rings. The molecular weight excluding hydrogens is 372 g/mol. The maximum atomic E-state index is 12.7. The molecule has 2 heterocycles. The lowest BCUT2D eigenvalue weighted by atomic mass is 9.97. The van der Waals surface area contributed by atoms with E-state index in [1.165, 1.54) is 18.4 Å². The van der Waals surface area contributed by atoms with Crippen molar-refractivity contribution in [3.63, 3.8) is 0 Å². The van der Waals surface area contributed by atoms with Crippen molar-refractivity contribution in [3.8, 4) is 11.3 Å². The van der Waals surface area contributed by atoms with Gasteiger partial charge in [-0.1, -0.05) is 60.7 Å². The Morgan fingerprint density at radius 2 is 1.87 bits per heavy atom. The molecular formula is C25H30N4O. The van der Waals surface area contributed by atoms with Crippen molar-refractivity contribution >= 4 is 5.91 Å². The van der Waals surface area contributed by atoms with Crippen LogP contribution >= 0.6 is 0 Å². The molecule has 2 aromatic carbocycles. The van der Waals surface area contributed by atoms with Crippen LogP contribution in [-0.4, -0.2) is 47.2 Å². The van der Waals surface area contributed by atoms with E-state index in [0.717, 1.165) is 42.9 Å².